The first-order valence-electron chi connectivity index (χ1n) is 11.6. The zero-order valence-corrected chi connectivity index (χ0v) is 22.5. The molecule has 1 aromatic heterocycles. The lowest BCUT2D eigenvalue weighted by molar-refractivity contribution is -0.133. The summed E-state index contributed by atoms with van der Waals surface area (Å²) in [5, 5.41) is 6.87. The summed E-state index contributed by atoms with van der Waals surface area (Å²) in [7, 11) is 2.10. The van der Waals surface area contributed by atoms with Gasteiger partial charge in [0.05, 0.1) is 19.4 Å². The van der Waals surface area contributed by atoms with Gasteiger partial charge in [-0.2, -0.15) is 0 Å². The largest absolute Gasteiger partial charge is 0.468 e. The average Bonchev–Trinajstić information content (AvgIpc) is 3.44. The van der Waals surface area contributed by atoms with E-state index >= 15 is 0 Å². The van der Waals surface area contributed by atoms with Gasteiger partial charge in [-0.15, -0.1) is 24.0 Å². The smallest absolute Gasteiger partial charge is 0.225 e. The normalized spacial score (nSPS) is 16.2. The fourth-order valence-corrected chi connectivity index (χ4v) is 4.00. The highest BCUT2D eigenvalue weighted by Crippen LogP contribution is 2.15. The Labute approximate surface area is 215 Å². The minimum atomic E-state index is 0. The highest BCUT2D eigenvalue weighted by atomic mass is 127. The molecule has 3 rings (SSSR count). The summed E-state index contributed by atoms with van der Waals surface area (Å²) in [6.45, 7) is 10.5. The molecule has 0 radical (unpaired) electrons. The zero-order chi connectivity index (χ0) is 22.9. The van der Waals surface area contributed by atoms with Gasteiger partial charge < -0.3 is 20.0 Å². The molecule has 1 aliphatic rings. The van der Waals surface area contributed by atoms with Crippen LogP contribution in [-0.4, -0.2) is 54.4 Å². The predicted molar refractivity (Wildman–Crippen MR) is 144 cm³/mol. The van der Waals surface area contributed by atoms with E-state index in [0.717, 1.165) is 50.9 Å². The summed E-state index contributed by atoms with van der Waals surface area (Å²) in [5.74, 6) is 2.03. The number of carbonyl (C=O) groups excluding carboxylic acids is 1. The molecule has 1 saturated heterocycles. The Morgan fingerprint density at radius 1 is 1.21 bits per heavy atom. The number of furan rings is 1. The minimum Gasteiger partial charge on any atom is -0.468 e. The van der Waals surface area contributed by atoms with Crippen LogP contribution in [-0.2, 0) is 24.4 Å². The molecule has 1 aliphatic heterocycles. The van der Waals surface area contributed by atoms with Gasteiger partial charge >= 0.3 is 0 Å². The van der Waals surface area contributed by atoms with Crippen LogP contribution >= 0.6 is 24.0 Å². The quantitative estimate of drug-likeness (QED) is 0.274. The molecular weight excluding hydrogens is 529 g/mol. The van der Waals surface area contributed by atoms with Crippen LogP contribution in [0.5, 0.6) is 0 Å². The van der Waals surface area contributed by atoms with E-state index in [0.29, 0.717) is 6.54 Å². The van der Waals surface area contributed by atoms with Gasteiger partial charge in [0.1, 0.15) is 5.76 Å². The summed E-state index contributed by atoms with van der Waals surface area (Å²) < 4.78 is 5.47. The van der Waals surface area contributed by atoms with Crippen LogP contribution in [0, 0.1) is 5.92 Å². The van der Waals surface area contributed by atoms with E-state index in [-0.39, 0.29) is 41.8 Å². The molecule has 0 saturated carbocycles. The van der Waals surface area contributed by atoms with Crippen molar-refractivity contribution in [2.75, 3.05) is 26.7 Å². The fraction of sp³-hybridized carbons (Fsp3) is 0.520. The molecule has 182 valence electrons. The maximum Gasteiger partial charge on any atom is 0.225 e. The average molecular weight is 568 g/mol. The molecule has 1 atom stereocenters. The number of benzene rings is 1. The molecule has 1 amide bonds. The number of rotatable bonds is 9. The van der Waals surface area contributed by atoms with Gasteiger partial charge in [0, 0.05) is 38.1 Å². The minimum absolute atomic E-state index is 0. The Balaban J connectivity index is 0.00000385. The monoisotopic (exact) mass is 567 g/mol. The van der Waals surface area contributed by atoms with Crippen molar-refractivity contribution in [1.29, 1.82) is 0 Å². The van der Waals surface area contributed by atoms with Gasteiger partial charge in [-0.3, -0.25) is 9.69 Å². The molecule has 1 fully saturated rings. The van der Waals surface area contributed by atoms with Gasteiger partial charge in [-0.05, 0) is 43.7 Å². The number of amides is 1. The summed E-state index contributed by atoms with van der Waals surface area (Å²) >= 11 is 0. The van der Waals surface area contributed by atoms with Crippen molar-refractivity contribution >= 4 is 35.8 Å². The molecule has 7 nitrogen and oxygen atoms in total. The maximum atomic E-state index is 12.3. The van der Waals surface area contributed by atoms with Crippen molar-refractivity contribution in [1.82, 2.24) is 20.4 Å². The van der Waals surface area contributed by atoms with E-state index in [1.54, 1.807) is 6.26 Å². The third kappa shape index (κ3) is 8.33. The molecule has 1 aromatic carbocycles. The second-order valence-corrected chi connectivity index (χ2v) is 8.78. The number of likely N-dealkylation sites (tertiary alicyclic amines) is 1. The Bertz CT molecular complexity index is 885. The summed E-state index contributed by atoms with van der Waals surface area (Å²) in [6.07, 6.45) is 2.65. The van der Waals surface area contributed by atoms with E-state index in [2.05, 4.69) is 53.8 Å². The van der Waals surface area contributed by atoms with Crippen molar-refractivity contribution < 1.29 is 9.21 Å². The summed E-state index contributed by atoms with van der Waals surface area (Å²) in [4.78, 5) is 21.3. The highest BCUT2D eigenvalue weighted by Gasteiger charge is 2.27. The van der Waals surface area contributed by atoms with Gasteiger partial charge in [0.2, 0.25) is 5.91 Å². The first-order chi connectivity index (χ1) is 15.5. The molecule has 0 aliphatic carbocycles. The van der Waals surface area contributed by atoms with E-state index < -0.39 is 0 Å². The topological polar surface area (TPSA) is 73.1 Å². The molecule has 2 heterocycles. The standard InChI is InChI=1S/C25H37N5O2.HI/c1-5-26-25(28-22-12-13-30(17-22)24(31)19(2)3)27-15-20-9-6-7-10-21(20)16-29(4)18-23-11-8-14-32-23;/h6-11,14,19,22H,5,12-13,15-18H2,1-4H3,(H2,26,27,28);1H. The highest BCUT2D eigenvalue weighted by molar-refractivity contribution is 14.0. The third-order valence-corrected chi connectivity index (χ3v) is 5.65. The Hall–Kier alpha value is -2.07. The SMILES string of the molecule is CCNC(=NCc1ccccc1CN(C)Cc1ccco1)NC1CCN(C(=O)C(C)C)C1.I. The molecule has 2 aromatic rings. The van der Waals surface area contributed by atoms with Crippen LogP contribution in [0.25, 0.3) is 0 Å². The molecule has 0 bridgehead atoms. The van der Waals surface area contributed by atoms with Gasteiger partial charge in [-0.1, -0.05) is 38.1 Å². The van der Waals surface area contributed by atoms with Crippen molar-refractivity contribution in [2.24, 2.45) is 10.9 Å². The number of hydrogen-bond acceptors (Lipinski definition) is 4. The van der Waals surface area contributed by atoms with Crippen LogP contribution in [0.1, 0.15) is 44.1 Å². The molecule has 33 heavy (non-hydrogen) atoms. The van der Waals surface area contributed by atoms with Crippen molar-refractivity contribution in [3.05, 3.63) is 59.5 Å². The van der Waals surface area contributed by atoms with E-state index in [1.165, 1.54) is 11.1 Å². The van der Waals surface area contributed by atoms with Gasteiger partial charge in [0.15, 0.2) is 5.96 Å². The Morgan fingerprint density at radius 2 is 1.97 bits per heavy atom. The lowest BCUT2D eigenvalue weighted by Gasteiger charge is -2.20. The lowest BCUT2D eigenvalue weighted by Crippen LogP contribution is -2.45. The van der Waals surface area contributed by atoms with E-state index in [9.17, 15) is 4.79 Å². The second kappa shape index (κ2) is 13.6. The van der Waals surface area contributed by atoms with E-state index in [1.807, 2.05) is 30.9 Å². The van der Waals surface area contributed by atoms with Crippen LogP contribution in [0.4, 0.5) is 0 Å². The first-order valence-corrected chi connectivity index (χ1v) is 11.6. The molecular formula is C25H38IN5O2. The van der Waals surface area contributed by atoms with Crippen LogP contribution in [0.3, 0.4) is 0 Å². The van der Waals surface area contributed by atoms with Crippen LogP contribution in [0.2, 0.25) is 0 Å². The number of nitrogens with one attached hydrogen (secondary N) is 2. The number of halogens is 1. The summed E-state index contributed by atoms with van der Waals surface area (Å²) in [5.41, 5.74) is 2.47. The van der Waals surface area contributed by atoms with Crippen molar-refractivity contribution in [3.63, 3.8) is 0 Å². The molecule has 2 N–H and O–H groups in total. The summed E-state index contributed by atoms with van der Waals surface area (Å²) in [6, 6.07) is 12.6. The molecule has 8 heteroatoms. The first kappa shape index (κ1) is 27.2. The predicted octanol–water partition coefficient (Wildman–Crippen LogP) is 3.84. The fourth-order valence-electron chi connectivity index (χ4n) is 4.00. The second-order valence-electron chi connectivity index (χ2n) is 8.78. The maximum absolute atomic E-state index is 12.3. The van der Waals surface area contributed by atoms with Gasteiger partial charge in [-0.25, -0.2) is 4.99 Å². The number of guanidine groups is 1. The number of nitrogens with zero attached hydrogens (tertiary/aromatic N) is 3. The van der Waals surface area contributed by atoms with Crippen LogP contribution < -0.4 is 10.6 Å². The Kier molecular flexibility index (Phi) is 11.2. The number of carbonyl (C=O) groups is 1. The number of hydrogen-bond donors (Lipinski definition) is 2. The van der Waals surface area contributed by atoms with Gasteiger partial charge in [0.25, 0.3) is 0 Å². The number of aliphatic imine (C=N–C) groups is 1. The van der Waals surface area contributed by atoms with E-state index in [4.69, 9.17) is 9.41 Å². The molecule has 1 unspecified atom stereocenters. The van der Waals surface area contributed by atoms with Crippen molar-refractivity contribution in [3.8, 4) is 0 Å². The van der Waals surface area contributed by atoms with Crippen LogP contribution in [0.15, 0.2) is 52.1 Å². The van der Waals surface area contributed by atoms with Crippen molar-refractivity contribution in [2.45, 2.75) is 52.9 Å². The Morgan fingerprint density at radius 3 is 2.64 bits per heavy atom. The zero-order valence-electron chi connectivity index (χ0n) is 20.2. The molecule has 0 spiro atoms. The third-order valence-electron chi connectivity index (χ3n) is 5.65. The lowest BCUT2D eigenvalue weighted by atomic mass is 10.1.